The largest absolute Gasteiger partial charge is 0.309 e. The van der Waals surface area contributed by atoms with Gasteiger partial charge in [0.2, 0.25) is 5.91 Å². The number of hydrogen-bond donors (Lipinski definition) is 1. The fourth-order valence-corrected chi connectivity index (χ4v) is 4.45. The van der Waals surface area contributed by atoms with Crippen molar-refractivity contribution >= 4 is 35.1 Å². The number of aromatic nitrogens is 4. The Bertz CT molecular complexity index is 994. The normalized spacial score (nSPS) is 16.7. The van der Waals surface area contributed by atoms with Gasteiger partial charge < -0.3 is 5.32 Å². The molecule has 1 atom stereocenters. The Morgan fingerprint density at radius 3 is 2.85 bits per heavy atom. The Balaban J connectivity index is 1.91. The molecule has 0 aliphatic carbocycles. The van der Waals surface area contributed by atoms with Crippen molar-refractivity contribution in [1.82, 2.24) is 19.7 Å². The predicted octanol–water partition coefficient (Wildman–Crippen LogP) is 3.54. The van der Waals surface area contributed by atoms with Gasteiger partial charge >= 0.3 is 0 Å². The van der Waals surface area contributed by atoms with Crippen molar-refractivity contribution < 1.29 is 9.18 Å². The van der Waals surface area contributed by atoms with Gasteiger partial charge in [0.05, 0.1) is 16.7 Å². The van der Waals surface area contributed by atoms with Crippen molar-refractivity contribution in [2.24, 2.45) is 0 Å². The third-order valence-corrected chi connectivity index (χ3v) is 5.57. The van der Waals surface area contributed by atoms with Crippen molar-refractivity contribution in [1.29, 1.82) is 0 Å². The molecule has 0 fully saturated rings. The lowest BCUT2D eigenvalue weighted by molar-refractivity contribution is -0.113. The first-order valence-corrected chi connectivity index (χ1v) is 9.20. The van der Waals surface area contributed by atoms with E-state index in [-0.39, 0.29) is 16.9 Å². The summed E-state index contributed by atoms with van der Waals surface area (Å²) in [5, 5.41) is 7.43. The van der Waals surface area contributed by atoms with E-state index in [1.54, 1.807) is 24.5 Å². The molecule has 9 heteroatoms. The highest BCUT2D eigenvalue weighted by molar-refractivity contribution is 8.00. The fraction of sp³-hybridized carbons (Fsp3) is 0.176. The van der Waals surface area contributed by atoms with E-state index in [1.165, 1.54) is 28.6 Å². The van der Waals surface area contributed by atoms with E-state index in [4.69, 9.17) is 11.6 Å². The van der Waals surface area contributed by atoms with Gasteiger partial charge in [-0.2, -0.15) is 9.78 Å². The highest BCUT2D eigenvalue weighted by Gasteiger charge is 2.32. The van der Waals surface area contributed by atoms with Crippen LogP contribution in [-0.2, 0) is 4.79 Å². The van der Waals surface area contributed by atoms with E-state index in [0.29, 0.717) is 22.5 Å². The molecular formula is C17H13ClFN5OS. The number of hydrogen-bond acceptors (Lipinski definition) is 5. The summed E-state index contributed by atoms with van der Waals surface area (Å²) in [6.45, 7) is 1.85. The molecule has 0 saturated carbocycles. The first-order valence-electron chi connectivity index (χ1n) is 7.78. The molecule has 1 N–H and O–H groups in total. The summed E-state index contributed by atoms with van der Waals surface area (Å²) in [6, 6.07) is 5.98. The average Bonchev–Trinajstić information content (AvgIpc) is 2.83. The number of thioether (sulfide) groups is 1. The van der Waals surface area contributed by atoms with Gasteiger partial charge in [0.1, 0.15) is 11.6 Å². The zero-order valence-corrected chi connectivity index (χ0v) is 15.2. The lowest BCUT2D eigenvalue weighted by atomic mass is 10.0. The molecule has 0 saturated heterocycles. The number of aryl methyl sites for hydroxylation is 1. The molecule has 3 heterocycles. The summed E-state index contributed by atoms with van der Waals surface area (Å²) in [7, 11) is 0. The van der Waals surface area contributed by atoms with Crippen LogP contribution in [0.1, 0.15) is 22.1 Å². The number of nitrogens with one attached hydrogen (secondary N) is 1. The maximum absolute atomic E-state index is 13.5. The lowest BCUT2D eigenvalue weighted by Gasteiger charge is -2.16. The van der Waals surface area contributed by atoms with E-state index in [2.05, 4.69) is 20.4 Å². The molecule has 1 aliphatic rings. The highest BCUT2D eigenvalue weighted by atomic mass is 35.5. The van der Waals surface area contributed by atoms with Crippen molar-refractivity contribution in [2.45, 2.75) is 12.2 Å². The van der Waals surface area contributed by atoms with Gasteiger partial charge in [-0.05, 0) is 30.7 Å². The SMILES string of the molecule is Cc1nn(-c2ncccn2)c2c1[C@H](c1ccc(F)cc1Cl)SCC(=O)N2. The number of nitrogens with zero attached hydrogens (tertiary/aromatic N) is 4. The van der Waals surface area contributed by atoms with E-state index in [0.717, 1.165) is 11.1 Å². The molecule has 132 valence electrons. The molecule has 26 heavy (non-hydrogen) atoms. The van der Waals surface area contributed by atoms with E-state index < -0.39 is 5.82 Å². The van der Waals surface area contributed by atoms with Crippen molar-refractivity contribution in [3.8, 4) is 5.95 Å². The number of benzene rings is 1. The monoisotopic (exact) mass is 389 g/mol. The Hall–Kier alpha value is -2.45. The number of fused-ring (bicyclic) bond motifs is 1. The number of halogens is 2. The van der Waals surface area contributed by atoms with Crippen LogP contribution >= 0.6 is 23.4 Å². The van der Waals surface area contributed by atoms with Gasteiger partial charge in [-0.1, -0.05) is 17.7 Å². The topological polar surface area (TPSA) is 72.7 Å². The second-order valence-electron chi connectivity index (χ2n) is 5.71. The highest BCUT2D eigenvalue weighted by Crippen LogP contribution is 2.45. The van der Waals surface area contributed by atoms with Gasteiger partial charge in [-0.15, -0.1) is 11.8 Å². The maximum atomic E-state index is 13.5. The summed E-state index contributed by atoms with van der Waals surface area (Å²) < 4.78 is 15.0. The number of rotatable bonds is 2. The van der Waals surface area contributed by atoms with Crippen LogP contribution in [0, 0.1) is 12.7 Å². The molecule has 0 bridgehead atoms. The van der Waals surface area contributed by atoms with Crippen molar-refractivity contribution in [2.75, 3.05) is 11.1 Å². The van der Waals surface area contributed by atoms with Crippen LogP contribution in [0.15, 0.2) is 36.7 Å². The Morgan fingerprint density at radius 2 is 2.12 bits per heavy atom. The molecule has 1 aromatic carbocycles. The van der Waals surface area contributed by atoms with Gasteiger partial charge in [0.15, 0.2) is 0 Å². The van der Waals surface area contributed by atoms with Crippen LogP contribution in [0.25, 0.3) is 5.95 Å². The van der Waals surface area contributed by atoms with Crippen molar-refractivity contribution in [3.63, 3.8) is 0 Å². The summed E-state index contributed by atoms with van der Waals surface area (Å²) in [5.41, 5.74) is 2.25. The zero-order valence-electron chi connectivity index (χ0n) is 13.6. The van der Waals surface area contributed by atoms with Gasteiger partial charge in [0, 0.05) is 23.0 Å². The number of amides is 1. The molecule has 0 radical (unpaired) electrons. The molecule has 2 aromatic heterocycles. The number of anilines is 1. The molecule has 0 spiro atoms. The third-order valence-electron chi connectivity index (χ3n) is 3.99. The Kier molecular flexibility index (Phi) is 4.37. The van der Waals surface area contributed by atoms with Gasteiger partial charge in [0.25, 0.3) is 5.95 Å². The minimum absolute atomic E-state index is 0.158. The molecule has 4 rings (SSSR count). The Morgan fingerprint density at radius 1 is 1.35 bits per heavy atom. The van der Waals surface area contributed by atoms with Gasteiger partial charge in [-0.3, -0.25) is 4.79 Å². The average molecular weight is 390 g/mol. The summed E-state index contributed by atoms with van der Waals surface area (Å²) in [4.78, 5) is 20.7. The first kappa shape index (κ1) is 17.0. The van der Waals surface area contributed by atoms with Crippen LogP contribution in [0.5, 0.6) is 0 Å². The molecule has 1 amide bonds. The van der Waals surface area contributed by atoms with Crippen LogP contribution in [0.2, 0.25) is 5.02 Å². The van der Waals surface area contributed by atoms with Crippen LogP contribution in [0.4, 0.5) is 10.2 Å². The second-order valence-corrected chi connectivity index (χ2v) is 7.21. The molecule has 3 aromatic rings. The quantitative estimate of drug-likeness (QED) is 0.725. The fourth-order valence-electron chi connectivity index (χ4n) is 2.89. The second kappa shape index (κ2) is 6.69. The van der Waals surface area contributed by atoms with E-state index >= 15 is 0 Å². The van der Waals surface area contributed by atoms with E-state index in [9.17, 15) is 9.18 Å². The third kappa shape index (κ3) is 2.95. The number of carbonyl (C=O) groups is 1. The first-order chi connectivity index (χ1) is 12.5. The predicted molar refractivity (Wildman–Crippen MR) is 98.2 cm³/mol. The minimum Gasteiger partial charge on any atom is -0.309 e. The maximum Gasteiger partial charge on any atom is 0.252 e. The Labute approximate surface area is 157 Å². The molecular weight excluding hydrogens is 377 g/mol. The molecule has 0 unspecified atom stereocenters. The standard InChI is InChI=1S/C17H13ClFN5OS/c1-9-14-15(11-4-3-10(19)7-12(11)18)26-8-13(25)22-16(14)24(23-9)17-20-5-2-6-21-17/h2-7,15H,8H2,1H3,(H,22,25)/t15-/m0/s1. The molecule has 6 nitrogen and oxygen atoms in total. The summed E-state index contributed by atoms with van der Waals surface area (Å²) >= 11 is 7.70. The van der Waals surface area contributed by atoms with Crippen LogP contribution in [0.3, 0.4) is 0 Å². The van der Waals surface area contributed by atoms with E-state index in [1.807, 2.05) is 6.92 Å². The van der Waals surface area contributed by atoms with Crippen LogP contribution < -0.4 is 5.32 Å². The smallest absolute Gasteiger partial charge is 0.252 e. The summed E-state index contributed by atoms with van der Waals surface area (Å²) in [5.74, 6) is 0.537. The summed E-state index contributed by atoms with van der Waals surface area (Å²) in [6.07, 6.45) is 3.21. The van der Waals surface area contributed by atoms with Crippen molar-refractivity contribution in [3.05, 3.63) is 64.3 Å². The van der Waals surface area contributed by atoms with Gasteiger partial charge in [-0.25, -0.2) is 14.4 Å². The molecule has 1 aliphatic heterocycles. The zero-order chi connectivity index (χ0) is 18.3. The number of carbonyl (C=O) groups excluding carboxylic acids is 1. The minimum atomic E-state index is -0.406. The van der Waals surface area contributed by atoms with Crippen LogP contribution in [-0.4, -0.2) is 31.4 Å². The lowest BCUT2D eigenvalue weighted by Crippen LogP contribution is -2.16.